The van der Waals surface area contributed by atoms with Crippen molar-refractivity contribution in [2.75, 3.05) is 13.7 Å². The number of amides is 1. The Hall–Kier alpha value is -2.38. The minimum absolute atomic E-state index is 0.0131. The Morgan fingerprint density at radius 2 is 2.00 bits per heavy atom. The first-order valence-electron chi connectivity index (χ1n) is 7.50. The molecule has 1 aliphatic carbocycles. The highest BCUT2D eigenvalue weighted by Gasteiger charge is 2.35. The molecule has 0 saturated heterocycles. The number of nitrogens with zero attached hydrogens (tertiary/aromatic N) is 1. The molecule has 1 unspecified atom stereocenters. The van der Waals surface area contributed by atoms with E-state index in [-0.39, 0.29) is 29.6 Å². The van der Waals surface area contributed by atoms with Crippen molar-refractivity contribution in [2.24, 2.45) is 5.92 Å². The number of hydrogen-bond acceptors (Lipinski definition) is 4. The van der Waals surface area contributed by atoms with Crippen LogP contribution in [0.15, 0.2) is 18.2 Å². The van der Waals surface area contributed by atoms with Crippen molar-refractivity contribution >= 4 is 11.9 Å². The second-order valence-electron chi connectivity index (χ2n) is 5.67. The smallest absolute Gasteiger partial charge is 0.387 e. The van der Waals surface area contributed by atoms with Gasteiger partial charge in [0, 0.05) is 18.2 Å². The number of hydrogen-bond donors (Lipinski definition) is 1. The van der Waals surface area contributed by atoms with E-state index in [0.29, 0.717) is 0 Å². The summed E-state index contributed by atoms with van der Waals surface area (Å²) in [6.07, 6.45) is 1.60. The molecule has 2 rings (SSSR count). The van der Waals surface area contributed by atoms with Crippen LogP contribution in [0.3, 0.4) is 0 Å². The number of halogens is 2. The SMILES string of the molecule is COc1ccc(C(=O)N(CC(C)C(=O)O)C2CC2)cc1OC(F)F. The van der Waals surface area contributed by atoms with Gasteiger partial charge in [-0.25, -0.2) is 0 Å². The van der Waals surface area contributed by atoms with Gasteiger partial charge in [-0.15, -0.1) is 0 Å². The van der Waals surface area contributed by atoms with E-state index >= 15 is 0 Å². The van der Waals surface area contributed by atoms with Crippen LogP contribution in [0.1, 0.15) is 30.1 Å². The van der Waals surface area contributed by atoms with E-state index in [1.54, 1.807) is 0 Å². The Labute approximate surface area is 138 Å². The standard InChI is InChI=1S/C16H19F2NO5/c1-9(15(21)22)8-19(11-4-5-11)14(20)10-3-6-12(23-2)13(7-10)24-16(17)18/h3,6-7,9,11,16H,4-5,8H2,1-2H3,(H,21,22). The minimum atomic E-state index is -3.05. The zero-order chi connectivity index (χ0) is 17.9. The Morgan fingerprint density at radius 1 is 1.33 bits per heavy atom. The van der Waals surface area contributed by atoms with Crippen molar-refractivity contribution < 1.29 is 33.0 Å². The molecule has 0 aliphatic heterocycles. The molecule has 8 heteroatoms. The lowest BCUT2D eigenvalue weighted by Gasteiger charge is -2.24. The predicted molar refractivity (Wildman–Crippen MR) is 80.5 cm³/mol. The molecule has 24 heavy (non-hydrogen) atoms. The number of carboxylic acid groups (broad SMARTS) is 1. The highest BCUT2D eigenvalue weighted by atomic mass is 19.3. The van der Waals surface area contributed by atoms with Crippen LogP contribution in [0.4, 0.5) is 8.78 Å². The lowest BCUT2D eigenvalue weighted by atomic mass is 10.1. The zero-order valence-electron chi connectivity index (χ0n) is 13.4. The molecular weight excluding hydrogens is 324 g/mol. The van der Waals surface area contributed by atoms with Crippen LogP contribution in [0.25, 0.3) is 0 Å². The molecule has 0 bridgehead atoms. The van der Waals surface area contributed by atoms with E-state index in [1.165, 1.54) is 37.1 Å². The maximum absolute atomic E-state index is 12.7. The number of rotatable bonds is 8. The number of ether oxygens (including phenoxy) is 2. The highest BCUT2D eigenvalue weighted by molar-refractivity contribution is 5.95. The third kappa shape index (κ3) is 4.33. The van der Waals surface area contributed by atoms with Gasteiger partial charge >= 0.3 is 12.6 Å². The van der Waals surface area contributed by atoms with Crippen LogP contribution < -0.4 is 9.47 Å². The summed E-state index contributed by atoms with van der Waals surface area (Å²) in [6.45, 7) is -1.46. The van der Waals surface area contributed by atoms with E-state index < -0.39 is 24.4 Å². The Balaban J connectivity index is 2.24. The number of carbonyl (C=O) groups excluding carboxylic acids is 1. The van der Waals surface area contributed by atoms with Gasteiger partial charge in [0.05, 0.1) is 13.0 Å². The van der Waals surface area contributed by atoms with Crippen molar-refractivity contribution in [3.63, 3.8) is 0 Å². The summed E-state index contributed by atoms with van der Waals surface area (Å²) in [5.74, 6) is -2.27. The number of methoxy groups -OCH3 is 1. The fourth-order valence-corrected chi connectivity index (χ4v) is 2.32. The molecule has 1 amide bonds. The number of alkyl halides is 2. The molecule has 1 aromatic rings. The quantitative estimate of drug-likeness (QED) is 0.785. The first-order valence-corrected chi connectivity index (χ1v) is 7.50. The minimum Gasteiger partial charge on any atom is -0.493 e. The van der Waals surface area contributed by atoms with E-state index in [0.717, 1.165) is 12.8 Å². The van der Waals surface area contributed by atoms with Crippen LogP contribution in [0.5, 0.6) is 11.5 Å². The molecule has 0 spiro atoms. The molecule has 0 heterocycles. The van der Waals surface area contributed by atoms with E-state index in [1.807, 2.05) is 0 Å². The molecule has 1 atom stereocenters. The summed E-state index contributed by atoms with van der Waals surface area (Å²) in [5.41, 5.74) is 0.149. The van der Waals surface area contributed by atoms with Crippen LogP contribution in [-0.2, 0) is 4.79 Å². The summed E-state index contributed by atoms with van der Waals surface area (Å²) in [4.78, 5) is 25.2. The molecule has 1 aliphatic rings. The molecule has 0 radical (unpaired) electrons. The lowest BCUT2D eigenvalue weighted by molar-refractivity contribution is -0.141. The van der Waals surface area contributed by atoms with Crippen LogP contribution >= 0.6 is 0 Å². The number of benzene rings is 1. The Kier molecular flexibility index (Phi) is 5.58. The lowest BCUT2D eigenvalue weighted by Crippen LogP contribution is -2.38. The predicted octanol–water partition coefficient (Wildman–Crippen LogP) is 2.62. The number of carboxylic acids is 1. The first kappa shape index (κ1) is 18.0. The second-order valence-corrected chi connectivity index (χ2v) is 5.67. The zero-order valence-corrected chi connectivity index (χ0v) is 13.4. The van der Waals surface area contributed by atoms with Gasteiger partial charge in [0.25, 0.3) is 5.91 Å². The van der Waals surface area contributed by atoms with Gasteiger partial charge in [-0.2, -0.15) is 8.78 Å². The number of carbonyl (C=O) groups is 2. The third-order valence-corrected chi connectivity index (χ3v) is 3.77. The average molecular weight is 343 g/mol. The summed E-state index contributed by atoms with van der Waals surface area (Å²) in [5, 5.41) is 9.04. The summed E-state index contributed by atoms with van der Waals surface area (Å²) in [6, 6.07) is 3.99. The molecule has 1 aromatic carbocycles. The van der Waals surface area contributed by atoms with Crippen LogP contribution in [-0.4, -0.2) is 48.2 Å². The van der Waals surface area contributed by atoms with Crippen molar-refractivity contribution in [1.82, 2.24) is 4.90 Å². The molecule has 6 nitrogen and oxygen atoms in total. The normalized spacial score (nSPS) is 15.0. The molecular formula is C16H19F2NO5. The van der Waals surface area contributed by atoms with Crippen molar-refractivity contribution in [3.05, 3.63) is 23.8 Å². The van der Waals surface area contributed by atoms with Gasteiger partial charge in [-0.1, -0.05) is 6.92 Å². The van der Waals surface area contributed by atoms with Gasteiger partial charge in [0.15, 0.2) is 11.5 Å². The summed E-state index contributed by atoms with van der Waals surface area (Å²) in [7, 11) is 1.31. The summed E-state index contributed by atoms with van der Waals surface area (Å²) >= 11 is 0. The van der Waals surface area contributed by atoms with Gasteiger partial charge in [-0.3, -0.25) is 9.59 Å². The maximum Gasteiger partial charge on any atom is 0.387 e. The Bertz CT molecular complexity index is 618. The van der Waals surface area contributed by atoms with Gasteiger partial charge in [0.2, 0.25) is 0 Å². The topological polar surface area (TPSA) is 76.1 Å². The maximum atomic E-state index is 12.7. The molecule has 1 fully saturated rings. The van der Waals surface area contributed by atoms with Crippen molar-refractivity contribution in [2.45, 2.75) is 32.4 Å². The monoisotopic (exact) mass is 343 g/mol. The van der Waals surface area contributed by atoms with Crippen LogP contribution in [0, 0.1) is 5.92 Å². The van der Waals surface area contributed by atoms with Gasteiger partial charge < -0.3 is 19.5 Å². The molecule has 132 valence electrons. The van der Waals surface area contributed by atoms with E-state index in [9.17, 15) is 18.4 Å². The van der Waals surface area contributed by atoms with E-state index in [4.69, 9.17) is 9.84 Å². The molecule has 1 saturated carbocycles. The largest absolute Gasteiger partial charge is 0.493 e. The third-order valence-electron chi connectivity index (χ3n) is 3.77. The Morgan fingerprint density at radius 3 is 2.50 bits per heavy atom. The highest BCUT2D eigenvalue weighted by Crippen LogP contribution is 2.33. The number of aliphatic carboxylic acids is 1. The van der Waals surface area contributed by atoms with Gasteiger partial charge in [0.1, 0.15) is 0 Å². The molecule has 0 aromatic heterocycles. The summed E-state index contributed by atoms with van der Waals surface area (Å²) < 4.78 is 34.3. The van der Waals surface area contributed by atoms with Gasteiger partial charge in [-0.05, 0) is 31.0 Å². The fraction of sp³-hybridized carbons (Fsp3) is 0.500. The molecule has 1 N–H and O–H groups in total. The van der Waals surface area contributed by atoms with E-state index in [2.05, 4.69) is 4.74 Å². The van der Waals surface area contributed by atoms with Crippen molar-refractivity contribution in [1.29, 1.82) is 0 Å². The van der Waals surface area contributed by atoms with Crippen molar-refractivity contribution in [3.8, 4) is 11.5 Å². The van der Waals surface area contributed by atoms with Crippen LogP contribution in [0.2, 0.25) is 0 Å². The second kappa shape index (κ2) is 7.46. The first-order chi connectivity index (χ1) is 11.3. The fourth-order valence-electron chi connectivity index (χ4n) is 2.32. The average Bonchev–Trinajstić information content (AvgIpc) is 3.35.